The summed E-state index contributed by atoms with van der Waals surface area (Å²) in [4.78, 5) is 12.9. The number of fused-ring (bicyclic) bond motifs is 1. The average molecular weight is 416 g/mol. The Bertz CT molecular complexity index is 1150. The molecule has 0 radical (unpaired) electrons. The third-order valence-corrected chi connectivity index (χ3v) is 6.96. The van der Waals surface area contributed by atoms with E-state index in [0.29, 0.717) is 25.3 Å². The number of nitrogens with zero attached hydrogens (tertiary/aromatic N) is 2. The Morgan fingerprint density at radius 3 is 2.41 bits per heavy atom. The van der Waals surface area contributed by atoms with Gasteiger partial charge in [0.15, 0.2) is 0 Å². The van der Waals surface area contributed by atoms with Crippen molar-refractivity contribution in [3.05, 3.63) is 54.2 Å². The van der Waals surface area contributed by atoms with Gasteiger partial charge < -0.3 is 15.0 Å². The van der Waals surface area contributed by atoms with Crippen LogP contribution < -0.4 is 5.32 Å². The molecule has 29 heavy (non-hydrogen) atoms. The Morgan fingerprint density at radius 2 is 1.76 bits per heavy atom. The van der Waals surface area contributed by atoms with E-state index < -0.39 is 15.9 Å². The van der Waals surface area contributed by atoms with Crippen LogP contribution >= 0.6 is 0 Å². The number of phenolic OH excluding ortho intramolecular Hbond substituents is 1. The number of carbonyl (C=O) groups excluding carboxylic acids is 1. The maximum absolute atomic E-state index is 12.9. The van der Waals surface area contributed by atoms with Crippen LogP contribution in [-0.2, 0) is 16.6 Å². The van der Waals surface area contributed by atoms with Gasteiger partial charge in [0, 0.05) is 30.5 Å². The van der Waals surface area contributed by atoms with Crippen LogP contribution in [0.2, 0.25) is 0 Å². The van der Waals surface area contributed by atoms with Crippen molar-refractivity contribution in [3.8, 4) is 5.75 Å². The number of aromatic nitrogens is 1. The van der Waals surface area contributed by atoms with Gasteiger partial charge in [-0.1, -0.05) is 32.0 Å². The zero-order chi connectivity index (χ0) is 21.2. The highest BCUT2D eigenvalue weighted by molar-refractivity contribution is 7.89. The normalized spacial score (nSPS) is 11.9. The van der Waals surface area contributed by atoms with E-state index in [1.807, 2.05) is 35.8 Å². The highest BCUT2D eigenvalue weighted by atomic mass is 32.2. The molecule has 0 atom stereocenters. The summed E-state index contributed by atoms with van der Waals surface area (Å²) in [5.74, 6) is -0.619. The summed E-state index contributed by atoms with van der Waals surface area (Å²) in [7, 11) is -3.71. The molecule has 154 valence electrons. The molecule has 2 N–H and O–H groups in total. The summed E-state index contributed by atoms with van der Waals surface area (Å²) in [6, 6.07) is 13.4. The lowest BCUT2D eigenvalue weighted by molar-refractivity contribution is 0.101. The fourth-order valence-corrected chi connectivity index (χ4v) is 4.90. The van der Waals surface area contributed by atoms with Crippen molar-refractivity contribution in [3.63, 3.8) is 0 Å². The molecule has 0 fully saturated rings. The Labute approximate surface area is 170 Å². The standard InChI is InChI=1S/C21H25N3O4S/c1-4-23(5-2)29(27,28)16-11-12-20(25)17(14-16)22-21(26)19-13-15-9-7-8-10-18(15)24(19)6-3/h7-14,25H,4-6H2,1-3H3,(H,22,26). The van der Waals surface area contributed by atoms with Gasteiger partial charge in [-0.2, -0.15) is 4.31 Å². The number of nitrogens with one attached hydrogen (secondary N) is 1. The average Bonchev–Trinajstić information content (AvgIpc) is 3.09. The van der Waals surface area contributed by atoms with Gasteiger partial charge in [0.1, 0.15) is 11.4 Å². The molecule has 0 aliphatic heterocycles. The third-order valence-electron chi connectivity index (χ3n) is 4.92. The molecule has 7 nitrogen and oxygen atoms in total. The van der Waals surface area contributed by atoms with E-state index in [-0.39, 0.29) is 16.3 Å². The van der Waals surface area contributed by atoms with Crippen molar-refractivity contribution in [1.82, 2.24) is 8.87 Å². The minimum absolute atomic E-state index is 0.0188. The zero-order valence-electron chi connectivity index (χ0n) is 16.7. The lowest BCUT2D eigenvalue weighted by Crippen LogP contribution is -2.30. The van der Waals surface area contributed by atoms with Gasteiger partial charge in [0.2, 0.25) is 10.0 Å². The Balaban J connectivity index is 1.98. The molecule has 2 aromatic carbocycles. The van der Waals surface area contributed by atoms with Crippen LogP contribution in [0, 0.1) is 0 Å². The Hall–Kier alpha value is -2.84. The van der Waals surface area contributed by atoms with Gasteiger partial charge in [-0.3, -0.25) is 4.79 Å². The first kappa shape index (κ1) is 20.9. The quantitative estimate of drug-likeness (QED) is 0.576. The minimum atomic E-state index is -3.71. The van der Waals surface area contributed by atoms with Crippen LogP contribution in [0.15, 0.2) is 53.4 Å². The predicted octanol–water partition coefficient (Wildman–Crippen LogP) is 3.65. The lowest BCUT2D eigenvalue weighted by Gasteiger charge is -2.19. The SMILES string of the molecule is CCN(CC)S(=O)(=O)c1ccc(O)c(NC(=O)c2cc3ccccc3n2CC)c1. The lowest BCUT2D eigenvalue weighted by atomic mass is 10.2. The van der Waals surface area contributed by atoms with Gasteiger partial charge in [-0.15, -0.1) is 0 Å². The minimum Gasteiger partial charge on any atom is -0.506 e. The molecular formula is C21H25N3O4S. The summed E-state index contributed by atoms with van der Waals surface area (Å²) < 4.78 is 28.7. The highest BCUT2D eigenvalue weighted by Gasteiger charge is 2.23. The van der Waals surface area contributed by atoms with Crippen LogP contribution in [0.4, 0.5) is 5.69 Å². The van der Waals surface area contributed by atoms with Gasteiger partial charge in [-0.05, 0) is 37.3 Å². The Morgan fingerprint density at radius 1 is 1.07 bits per heavy atom. The molecule has 0 saturated carbocycles. The molecule has 1 heterocycles. The molecule has 0 spiro atoms. The van der Waals surface area contributed by atoms with E-state index in [1.165, 1.54) is 22.5 Å². The summed E-state index contributed by atoms with van der Waals surface area (Å²) >= 11 is 0. The highest BCUT2D eigenvalue weighted by Crippen LogP contribution is 2.29. The number of para-hydroxylation sites is 1. The first-order chi connectivity index (χ1) is 13.8. The van der Waals surface area contributed by atoms with Crippen LogP contribution in [-0.4, -0.2) is 41.4 Å². The molecule has 0 saturated heterocycles. The number of anilines is 1. The maximum atomic E-state index is 12.9. The fraction of sp³-hybridized carbons (Fsp3) is 0.286. The van der Waals surface area contributed by atoms with Gasteiger partial charge >= 0.3 is 0 Å². The van der Waals surface area contributed by atoms with E-state index in [1.54, 1.807) is 19.9 Å². The van der Waals surface area contributed by atoms with Crippen molar-refractivity contribution in [1.29, 1.82) is 0 Å². The molecule has 1 aromatic heterocycles. The van der Waals surface area contributed by atoms with Crippen molar-refractivity contribution in [2.75, 3.05) is 18.4 Å². The second kappa shape index (κ2) is 8.26. The van der Waals surface area contributed by atoms with Gasteiger partial charge in [0.25, 0.3) is 5.91 Å². The summed E-state index contributed by atoms with van der Waals surface area (Å²) in [6.45, 7) is 6.72. The number of amides is 1. The van der Waals surface area contributed by atoms with Crippen molar-refractivity contribution in [2.45, 2.75) is 32.2 Å². The molecule has 8 heteroatoms. The molecule has 0 aliphatic carbocycles. The summed E-state index contributed by atoms with van der Waals surface area (Å²) in [5.41, 5.74) is 1.42. The van der Waals surface area contributed by atoms with Crippen molar-refractivity contribution >= 4 is 32.5 Å². The molecule has 0 unspecified atom stereocenters. The number of phenols is 1. The van der Waals surface area contributed by atoms with Gasteiger partial charge in [-0.25, -0.2) is 8.42 Å². The smallest absolute Gasteiger partial charge is 0.272 e. The topological polar surface area (TPSA) is 91.6 Å². The number of benzene rings is 2. The molecule has 3 rings (SSSR count). The van der Waals surface area contributed by atoms with Gasteiger partial charge in [0.05, 0.1) is 10.6 Å². The number of rotatable bonds is 7. The molecule has 0 bridgehead atoms. The number of hydrogen-bond donors (Lipinski definition) is 2. The zero-order valence-corrected chi connectivity index (χ0v) is 17.5. The number of sulfonamides is 1. The van der Waals surface area contributed by atoms with Crippen LogP contribution in [0.25, 0.3) is 10.9 Å². The number of carbonyl (C=O) groups is 1. The van der Waals surface area contributed by atoms with E-state index in [0.717, 1.165) is 10.9 Å². The molecule has 1 amide bonds. The molecular weight excluding hydrogens is 390 g/mol. The summed E-state index contributed by atoms with van der Waals surface area (Å²) in [6.07, 6.45) is 0. The molecule has 0 aliphatic rings. The number of aromatic hydroxyl groups is 1. The predicted molar refractivity (Wildman–Crippen MR) is 114 cm³/mol. The first-order valence-electron chi connectivity index (χ1n) is 9.56. The number of hydrogen-bond acceptors (Lipinski definition) is 4. The van der Waals surface area contributed by atoms with E-state index in [2.05, 4.69) is 5.32 Å². The largest absolute Gasteiger partial charge is 0.506 e. The van der Waals surface area contributed by atoms with Crippen LogP contribution in [0.5, 0.6) is 5.75 Å². The third kappa shape index (κ3) is 3.86. The van der Waals surface area contributed by atoms with Crippen molar-refractivity contribution in [2.24, 2.45) is 0 Å². The maximum Gasteiger partial charge on any atom is 0.272 e. The van der Waals surface area contributed by atoms with E-state index >= 15 is 0 Å². The fourth-order valence-electron chi connectivity index (χ4n) is 3.41. The van der Waals surface area contributed by atoms with Crippen LogP contribution in [0.1, 0.15) is 31.3 Å². The molecule has 3 aromatic rings. The first-order valence-corrected chi connectivity index (χ1v) is 11.0. The number of aryl methyl sites for hydroxylation is 1. The second-order valence-electron chi connectivity index (χ2n) is 6.56. The second-order valence-corrected chi connectivity index (χ2v) is 8.49. The Kier molecular flexibility index (Phi) is 5.95. The van der Waals surface area contributed by atoms with E-state index in [4.69, 9.17) is 0 Å². The van der Waals surface area contributed by atoms with Crippen LogP contribution in [0.3, 0.4) is 0 Å². The van der Waals surface area contributed by atoms with Crippen molar-refractivity contribution < 1.29 is 18.3 Å². The monoisotopic (exact) mass is 415 g/mol. The summed E-state index contributed by atoms with van der Waals surface area (Å²) in [5, 5.41) is 13.8. The van der Waals surface area contributed by atoms with E-state index in [9.17, 15) is 18.3 Å².